The Labute approximate surface area is 113 Å². The second-order valence-electron chi connectivity index (χ2n) is 5.27. The van der Waals surface area contributed by atoms with Crippen molar-refractivity contribution >= 4 is 17.4 Å². The predicted octanol–water partition coefficient (Wildman–Crippen LogP) is 1.91. The molecule has 4 nitrogen and oxygen atoms in total. The Kier molecular flexibility index (Phi) is 4.00. The van der Waals surface area contributed by atoms with Gasteiger partial charge in [0.15, 0.2) is 0 Å². The van der Waals surface area contributed by atoms with E-state index < -0.39 is 5.91 Å². The Balaban J connectivity index is 2.07. The van der Waals surface area contributed by atoms with Gasteiger partial charge in [0.1, 0.15) is 0 Å². The zero-order valence-corrected chi connectivity index (χ0v) is 11.7. The van der Waals surface area contributed by atoms with Crippen LogP contribution < -0.4 is 10.2 Å². The SMILES string of the molecule is Cc1ccc2c(c1)C(=O)C(=O)N2CCCNC(C)C. The fourth-order valence-corrected chi connectivity index (χ4v) is 2.26. The molecule has 1 aliphatic heterocycles. The van der Waals surface area contributed by atoms with Gasteiger partial charge in [0.2, 0.25) is 0 Å². The molecule has 0 spiro atoms. The number of nitrogens with one attached hydrogen (secondary N) is 1. The molecule has 0 saturated heterocycles. The van der Waals surface area contributed by atoms with E-state index in [0.717, 1.165) is 24.2 Å². The van der Waals surface area contributed by atoms with E-state index in [2.05, 4.69) is 19.2 Å². The molecule has 1 heterocycles. The summed E-state index contributed by atoms with van der Waals surface area (Å²) in [5, 5.41) is 3.31. The summed E-state index contributed by atoms with van der Waals surface area (Å²) in [4.78, 5) is 25.4. The number of fused-ring (bicyclic) bond motifs is 1. The Morgan fingerprint density at radius 2 is 2.00 bits per heavy atom. The van der Waals surface area contributed by atoms with E-state index in [9.17, 15) is 9.59 Å². The van der Waals surface area contributed by atoms with Crippen LogP contribution in [0.4, 0.5) is 5.69 Å². The van der Waals surface area contributed by atoms with Crippen LogP contribution in [0.25, 0.3) is 0 Å². The average Bonchev–Trinajstić information content (AvgIpc) is 2.59. The zero-order chi connectivity index (χ0) is 14.0. The van der Waals surface area contributed by atoms with Gasteiger partial charge < -0.3 is 10.2 Å². The minimum atomic E-state index is -0.398. The Morgan fingerprint density at radius 3 is 2.68 bits per heavy atom. The van der Waals surface area contributed by atoms with Crippen LogP contribution in [0.2, 0.25) is 0 Å². The number of amides is 1. The number of benzene rings is 1. The molecular weight excluding hydrogens is 240 g/mol. The molecule has 0 unspecified atom stereocenters. The number of Topliss-reactive ketones (excluding diaryl/α,β-unsaturated/α-hetero) is 1. The normalized spacial score (nSPS) is 14.4. The number of hydrogen-bond donors (Lipinski definition) is 1. The van der Waals surface area contributed by atoms with Gasteiger partial charge in [-0.25, -0.2) is 0 Å². The second-order valence-corrected chi connectivity index (χ2v) is 5.27. The summed E-state index contributed by atoms with van der Waals surface area (Å²) in [6.07, 6.45) is 0.838. The van der Waals surface area contributed by atoms with Gasteiger partial charge >= 0.3 is 0 Å². The number of carbonyl (C=O) groups excluding carboxylic acids is 2. The van der Waals surface area contributed by atoms with Gasteiger partial charge in [-0.3, -0.25) is 9.59 Å². The third-order valence-corrected chi connectivity index (χ3v) is 3.24. The fourth-order valence-electron chi connectivity index (χ4n) is 2.26. The van der Waals surface area contributed by atoms with Crippen molar-refractivity contribution in [3.8, 4) is 0 Å². The van der Waals surface area contributed by atoms with Gasteiger partial charge in [0, 0.05) is 12.6 Å². The highest BCUT2D eigenvalue weighted by atomic mass is 16.2. The lowest BCUT2D eigenvalue weighted by Crippen LogP contribution is -2.33. The molecule has 2 rings (SSSR count). The van der Waals surface area contributed by atoms with E-state index in [0.29, 0.717) is 18.2 Å². The van der Waals surface area contributed by atoms with Gasteiger partial charge in [0.05, 0.1) is 11.3 Å². The van der Waals surface area contributed by atoms with Crippen LogP contribution >= 0.6 is 0 Å². The van der Waals surface area contributed by atoms with E-state index in [1.807, 2.05) is 19.1 Å². The number of hydrogen-bond acceptors (Lipinski definition) is 3. The van der Waals surface area contributed by atoms with Crippen molar-refractivity contribution in [2.45, 2.75) is 33.2 Å². The first-order chi connectivity index (χ1) is 9.00. The van der Waals surface area contributed by atoms with Gasteiger partial charge in [-0.05, 0) is 32.0 Å². The summed E-state index contributed by atoms with van der Waals surface area (Å²) < 4.78 is 0. The van der Waals surface area contributed by atoms with Crippen LogP contribution in [-0.4, -0.2) is 30.8 Å². The van der Waals surface area contributed by atoms with Crippen LogP contribution in [0.15, 0.2) is 18.2 Å². The maximum absolute atomic E-state index is 12.0. The maximum Gasteiger partial charge on any atom is 0.299 e. The first kappa shape index (κ1) is 13.7. The lowest BCUT2D eigenvalue weighted by molar-refractivity contribution is -0.114. The molecule has 19 heavy (non-hydrogen) atoms. The van der Waals surface area contributed by atoms with Crippen molar-refractivity contribution in [1.82, 2.24) is 5.32 Å². The van der Waals surface area contributed by atoms with Gasteiger partial charge in [0.25, 0.3) is 11.7 Å². The van der Waals surface area contributed by atoms with E-state index in [-0.39, 0.29) is 5.78 Å². The Hall–Kier alpha value is -1.68. The van der Waals surface area contributed by atoms with Crippen molar-refractivity contribution in [2.24, 2.45) is 0 Å². The first-order valence-electron chi connectivity index (χ1n) is 6.71. The molecule has 0 saturated carbocycles. The van der Waals surface area contributed by atoms with Crippen molar-refractivity contribution in [3.63, 3.8) is 0 Å². The molecule has 0 atom stereocenters. The lowest BCUT2D eigenvalue weighted by Gasteiger charge is -2.17. The Bertz CT molecular complexity index is 509. The third-order valence-electron chi connectivity index (χ3n) is 3.24. The van der Waals surface area contributed by atoms with Crippen LogP contribution in [0.1, 0.15) is 36.2 Å². The molecular formula is C15H20N2O2. The molecule has 0 fully saturated rings. The third kappa shape index (κ3) is 2.84. The van der Waals surface area contributed by atoms with E-state index in [1.165, 1.54) is 0 Å². The van der Waals surface area contributed by atoms with Crippen molar-refractivity contribution in [1.29, 1.82) is 0 Å². The molecule has 1 aliphatic rings. The van der Waals surface area contributed by atoms with Crippen molar-refractivity contribution < 1.29 is 9.59 Å². The molecule has 0 radical (unpaired) electrons. The molecule has 4 heteroatoms. The monoisotopic (exact) mass is 260 g/mol. The largest absolute Gasteiger partial charge is 0.314 e. The average molecular weight is 260 g/mol. The molecule has 102 valence electrons. The smallest absolute Gasteiger partial charge is 0.299 e. The van der Waals surface area contributed by atoms with Crippen LogP contribution in [0.3, 0.4) is 0 Å². The van der Waals surface area contributed by atoms with Crippen LogP contribution in [0, 0.1) is 6.92 Å². The number of ketones is 1. The lowest BCUT2D eigenvalue weighted by atomic mass is 10.1. The minimum Gasteiger partial charge on any atom is -0.314 e. The first-order valence-corrected chi connectivity index (χ1v) is 6.71. The zero-order valence-electron chi connectivity index (χ0n) is 11.7. The maximum atomic E-state index is 12.0. The molecule has 1 aromatic carbocycles. The number of aryl methyl sites for hydroxylation is 1. The number of nitrogens with zero attached hydrogens (tertiary/aromatic N) is 1. The van der Waals surface area contributed by atoms with E-state index in [1.54, 1.807) is 11.0 Å². The highest BCUT2D eigenvalue weighted by Gasteiger charge is 2.35. The summed E-state index contributed by atoms with van der Waals surface area (Å²) in [7, 11) is 0. The predicted molar refractivity (Wildman–Crippen MR) is 75.6 cm³/mol. The van der Waals surface area contributed by atoms with Gasteiger partial charge in [-0.15, -0.1) is 0 Å². The van der Waals surface area contributed by atoms with Gasteiger partial charge in [-0.1, -0.05) is 25.5 Å². The Morgan fingerprint density at radius 1 is 1.26 bits per heavy atom. The van der Waals surface area contributed by atoms with Gasteiger partial charge in [-0.2, -0.15) is 0 Å². The van der Waals surface area contributed by atoms with E-state index >= 15 is 0 Å². The second kappa shape index (κ2) is 5.53. The quantitative estimate of drug-likeness (QED) is 0.650. The molecule has 1 N–H and O–H groups in total. The van der Waals surface area contributed by atoms with Crippen molar-refractivity contribution in [2.75, 3.05) is 18.0 Å². The minimum absolute atomic E-state index is 0.379. The number of rotatable bonds is 5. The molecule has 0 aromatic heterocycles. The summed E-state index contributed by atoms with van der Waals surface area (Å²) in [5.74, 6) is -0.777. The fraction of sp³-hybridized carbons (Fsp3) is 0.467. The summed E-state index contributed by atoms with van der Waals surface area (Å²) in [6, 6.07) is 6.03. The highest BCUT2D eigenvalue weighted by molar-refractivity contribution is 6.52. The van der Waals surface area contributed by atoms with E-state index in [4.69, 9.17) is 0 Å². The summed E-state index contributed by atoms with van der Waals surface area (Å²) in [6.45, 7) is 7.52. The molecule has 0 aliphatic carbocycles. The van der Waals surface area contributed by atoms with Crippen molar-refractivity contribution in [3.05, 3.63) is 29.3 Å². The number of carbonyl (C=O) groups is 2. The molecule has 0 bridgehead atoms. The topological polar surface area (TPSA) is 49.4 Å². The summed E-state index contributed by atoms with van der Waals surface area (Å²) >= 11 is 0. The molecule has 1 amide bonds. The standard InChI is InChI=1S/C15H20N2O2/c1-10(2)16-7-4-8-17-13-6-5-11(3)9-12(13)14(18)15(17)19/h5-6,9-10,16H,4,7-8H2,1-3H3. The highest BCUT2D eigenvalue weighted by Crippen LogP contribution is 2.29. The van der Waals surface area contributed by atoms with Crippen LogP contribution in [-0.2, 0) is 4.79 Å². The molecule has 1 aromatic rings. The number of anilines is 1. The summed E-state index contributed by atoms with van der Waals surface area (Å²) in [5.41, 5.74) is 2.30. The van der Waals surface area contributed by atoms with Crippen LogP contribution in [0.5, 0.6) is 0 Å².